The molecule has 0 saturated heterocycles. The van der Waals surface area contributed by atoms with E-state index in [1.807, 2.05) is 6.07 Å². The van der Waals surface area contributed by atoms with Crippen LogP contribution >= 0.6 is 0 Å². The normalized spacial score (nSPS) is 16.2. The van der Waals surface area contributed by atoms with Crippen LogP contribution in [0.3, 0.4) is 0 Å². The van der Waals surface area contributed by atoms with E-state index in [1.54, 1.807) is 0 Å². The number of nitrogens with two attached hydrogens (primary N) is 1. The predicted molar refractivity (Wildman–Crippen MR) is 75.4 cm³/mol. The average Bonchev–Trinajstić information content (AvgIpc) is 2.42. The van der Waals surface area contributed by atoms with E-state index in [-0.39, 0.29) is 0 Å². The molecule has 0 unspecified atom stereocenters. The Morgan fingerprint density at radius 2 is 2.06 bits per heavy atom. The van der Waals surface area contributed by atoms with Crippen molar-refractivity contribution in [2.24, 2.45) is 0 Å². The van der Waals surface area contributed by atoms with Crippen LogP contribution in [0.15, 0.2) is 18.2 Å². The van der Waals surface area contributed by atoms with Crippen molar-refractivity contribution in [3.05, 3.63) is 23.8 Å². The van der Waals surface area contributed by atoms with Crippen LogP contribution in [0.4, 0.5) is 11.4 Å². The van der Waals surface area contributed by atoms with Crippen molar-refractivity contribution in [1.29, 1.82) is 5.26 Å². The van der Waals surface area contributed by atoms with Crippen LogP contribution in [0.2, 0.25) is 0 Å². The lowest BCUT2D eigenvalue weighted by Gasteiger charge is -2.33. The van der Waals surface area contributed by atoms with Crippen LogP contribution in [-0.2, 0) is 6.42 Å². The second-order valence-electron chi connectivity index (χ2n) is 5.12. The van der Waals surface area contributed by atoms with Gasteiger partial charge in [0.1, 0.15) is 0 Å². The van der Waals surface area contributed by atoms with E-state index < -0.39 is 0 Å². The highest BCUT2D eigenvalue weighted by atomic mass is 15.1. The number of rotatable bonds is 3. The molecule has 2 rings (SSSR count). The molecule has 2 N–H and O–H groups in total. The molecule has 1 fully saturated rings. The van der Waals surface area contributed by atoms with Gasteiger partial charge < -0.3 is 10.6 Å². The summed E-state index contributed by atoms with van der Waals surface area (Å²) >= 11 is 0. The molecule has 0 aromatic heterocycles. The van der Waals surface area contributed by atoms with Crippen LogP contribution in [0, 0.1) is 11.3 Å². The highest BCUT2D eigenvalue weighted by molar-refractivity contribution is 5.59. The SMILES string of the molecule is CN(c1ccc(N)c(CC#N)c1)C1CCCCC1. The van der Waals surface area contributed by atoms with Gasteiger partial charge in [-0.25, -0.2) is 0 Å². The first-order valence-electron chi connectivity index (χ1n) is 6.70. The van der Waals surface area contributed by atoms with Gasteiger partial charge in [-0.3, -0.25) is 0 Å². The highest BCUT2D eigenvalue weighted by Gasteiger charge is 2.18. The lowest BCUT2D eigenvalue weighted by molar-refractivity contribution is 0.427. The minimum Gasteiger partial charge on any atom is -0.398 e. The fourth-order valence-electron chi connectivity index (χ4n) is 2.73. The molecule has 0 amide bonds. The fraction of sp³-hybridized carbons (Fsp3) is 0.533. The van der Waals surface area contributed by atoms with Crippen LogP contribution in [0.25, 0.3) is 0 Å². The summed E-state index contributed by atoms with van der Waals surface area (Å²) in [6.45, 7) is 0. The molecule has 1 aliphatic rings. The molecule has 1 aromatic rings. The summed E-state index contributed by atoms with van der Waals surface area (Å²) < 4.78 is 0. The number of nitriles is 1. The molecule has 0 radical (unpaired) electrons. The molecule has 0 heterocycles. The van der Waals surface area contributed by atoms with Gasteiger partial charge in [0.2, 0.25) is 0 Å². The third-order valence-corrected chi connectivity index (χ3v) is 3.93. The topological polar surface area (TPSA) is 53.0 Å². The summed E-state index contributed by atoms with van der Waals surface area (Å²) in [4.78, 5) is 2.35. The van der Waals surface area contributed by atoms with Gasteiger partial charge in [-0.15, -0.1) is 0 Å². The van der Waals surface area contributed by atoms with Gasteiger partial charge in [0.25, 0.3) is 0 Å². The molecule has 0 atom stereocenters. The Balaban J connectivity index is 2.16. The summed E-state index contributed by atoms with van der Waals surface area (Å²) in [7, 11) is 2.15. The molecule has 96 valence electrons. The Kier molecular flexibility index (Phi) is 4.09. The largest absolute Gasteiger partial charge is 0.398 e. The van der Waals surface area contributed by atoms with Crippen LogP contribution in [-0.4, -0.2) is 13.1 Å². The van der Waals surface area contributed by atoms with Crippen LogP contribution in [0.5, 0.6) is 0 Å². The highest BCUT2D eigenvalue weighted by Crippen LogP contribution is 2.28. The van der Waals surface area contributed by atoms with Crippen molar-refractivity contribution in [3.8, 4) is 6.07 Å². The second kappa shape index (κ2) is 5.77. The van der Waals surface area contributed by atoms with Crippen molar-refractivity contribution < 1.29 is 0 Å². The Hall–Kier alpha value is -1.69. The number of nitrogens with zero attached hydrogens (tertiary/aromatic N) is 2. The molecule has 3 heteroatoms. The van der Waals surface area contributed by atoms with Gasteiger partial charge in [0.15, 0.2) is 0 Å². The molecule has 18 heavy (non-hydrogen) atoms. The van der Waals surface area contributed by atoms with Crippen LogP contribution in [0.1, 0.15) is 37.7 Å². The van der Waals surface area contributed by atoms with Crippen molar-refractivity contribution in [2.45, 2.75) is 44.6 Å². The molecule has 3 nitrogen and oxygen atoms in total. The fourth-order valence-corrected chi connectivity index (χ4v) is 2.73. The number of nitrogen functional groups attached to an aromatic ring is 1. The zero-order valence-corrected chi connectivity index (χ0v) is 11.0. The van der Waals surface area contributed by atoms with Gasteiger partial charge in [0.05, 0.1) is 12.5 Å². The molecule has 1 aromatic carbocycles. The molecular formula is C15H21N3. The van der Waals surface area contributed by atoms with Crippen molar-refractivity contribution in [3.63, 3.8) is 0 Å². The third kappa shape index (κ3) is 2.76. The van der Waals surface area contributed by atoms with Crippen LogP contribution < -0.4 is 10.6 Å². The molecule has 0 bridgehead atoms. The minimum absolute atomic E-state index is 0.387. The Morgan fingerprint density at radius 3 is 2.72 bits per heavy atom. The van der Waals surface area contributed by atoms with E-state index in [0.29, 0.717) is 12.5 Å². The summed E-state index contributed by atoms with van der Waals surface area (Å²) in [5, 5.41) is 8.80. The Morgan fingerprint density at radius 1 is 1.33 bits per heavy atom. The maximum absolute atomic E-state index is 8.80. The number of hydrogen-bond donors (Lipinski definition) is 1. The summed E-state index contributed by atoms with van der Waals surface area (Å²) in [6.07, 6.45) is 6.96. The van der Waals surface area contributed by atoms with Crippen molar-refractivity contribution in [2.75, 3.05) is 17.7 Å². The Bertz CT molecular complexity index is 442. The quantitative estimate of drug-likeness (QED) is 0.830. The number of anilines is 2. The molecule has 1 aliphatic carbocycles. The zero-order valence-electron chi connectivity index (χ0n) is 11.0. The first-order valence-corrected chi connectivity index (χ1v) is 6.70. The predicted octanol–water partition coefficient (Wildman–Crippen LogP) is 3.10. The van der Waals surface area contributed by atoms with Crippen molar-refractivity contribution >= 4 is 11.4 Å². The minimum atomic E-state index is 0.387. The lowest BCUT2D eigenvalue weighted by atomic mass is 9.94. The molecule has 0 aliphatic heterocycles. The maximum Gasteiger partial charge on any atom is 0.0670 e. The average molecular weight is 243 g/mol. The monoisotopic (exact) mass is 243 g/mol. The summed E-state index contributed by atoms with van der Waals surface area (Å²) in [6, 6.07) is 8.85. The third-order valence-electron chi connectivity index (χ3n) is 3.93. The lowest BCUT2D eigenvalue weighted by Crippen LogP contribution is -2.33. The number of benzene rings is 1. The zero-order chi connectivity index (χ0) is 13.0. The first-order chi connectivity index (χ1) is 8.72. The smallest absolute Gasteiger partial charge is 0.0670 e. The first kappa shape index (κ1) is 12.8. The summed E-state index contributed by atoms with van der Waals surface area (Å²) in [5.41, 5.74) is 8.73. The second-order valence-corrected chi connectivity index (χ2v) is 5.12. The van der Waals surface area contributed by atoms with E-state index in [1.165, 1.54) is 37.8 Å². The van der Waals surface area contributed by atoms with E-state index in [2.05, 4.69) is 30.1 Å². The molecule has 0 spiro atoms. The van der Waals surface area contributed by atoms with Gasteiger partial charge in [-0.2, -0.15) is 5.26 Å². The van der Waals surface area contributed by atoms with Gasteiger partial charge in [-0.1, -0.05) is 19.3 Å². The van der Waals surface area contributed by atoms with E-state index in [0.717, 1.165) is 11.3 Å². The molecule has 1 saturated carbocycles. The van der Waals surface area contributed by atoms with E-state index >= 15 is 0 Å². The van der Waals surface area contributed by atoms with Gasteiger partial charge in [-0.05, 0) is 36.6 Å². The van der Waals surface area contributed by atoms with Crippen molar-refractivity contribution in [1.82, 2.24) is 0 Å². The maximum atomic E-state index is 8.80. The van der Waals surface area contributed by atoms with Gasteiger partial charge in [0, 0.05) is 24.5 Å². The van der Waals surface area contributed by atoms with E-state index in [9.17, 15) is 0 Å². The standard InChI is InChI=1S/C15H21N3/c1-18(13-5-3-2-4-6-13)14-7-8-15(17)12(11-14)9-10-16/h7-8,11,13H,2-6,9,17H2,1H3. The Labute approximate surface area is 109 Å². The van der Waals surface area contributed by atoms with E-state index in [4.69, 9.17) is 11.0 Å². The molecular weight excluding hydrogens is 222 g/mol. The van der Waals surface area contributed by atoms with Gasteiger partial charge >= 0.3 is 0 Å². The number of hydrogen-bond acceptors (Lipinski definition) is 3. The summed E-state index contributed by atoms with van der Waals surface area (Å²) in [5.74, 6) is 0.